The van der Waals surface area contributed by atoms with Crippen LogP contribution in [0, 0.1) is 33.8 Å². The summed E-state index contributed by atoms with van der Waals surface area (Å²) >= 11 is 0. The first-order valence-corrected chi connectivity index (χ1v) is 26.6. The van der Waals surface area contributed by atoms with Gasteiger partial charge in [0.15, 0.2) is 20.5 Å². The van der Waals surface area contributed by atoms with E-state index in [0.29, 0.717) is 29.9 Å². The molecule has 1 N–H and O–H groups in total. The number of hydrogen-bond donors (Lipinski definition) is 1. The van der Waals surface area contributed by atoms with Crippen molar-refractivity contribution < 1.29 is 57.3 Å². The number of non-ortho nitro benzene ring substituents is 1. The largest absolute Gasteiger partial charge is 0.483 e. The zero-order valence-electron chi connectivity index (χ0n) is 41.4. The van der Waals surface area contributed by atoms with Gasteiger partial charge in [0.2, 0.25) is 0 Å². The number of nitrogens with zero attached hydrogens (tertiary/aromatic N) is 1. The van der Waals surface area contributed by atoms with Gasteiger partial charge >= 0.3 is 17.9 Å². The van der Waals surface area contributed by atoms with Crippen LogP contribution in [0.5, 0.6) is 5.75 Å². The molecular weight excluding hydrogens is 875 g/mol. The minimum atomic E-state index is -2.51. The molecule has 4 rings (SSSR count). The van der Waals surface area contributed by atoms with E-state index in [4.69, 9.17) is 32.8 Å². The first-order chi connectivity index (χ1) is 31.8. The molecule has 1 fully saturated rings. The summed E-state index contributed by atoms with van der Waals surface area (Å²) in [4.78, 5) is 51.5. The fourth-order valence-electron chi connectivity index (χ4n) is 9.02. The fraction of sp³-hybridized carbons (Fsp3) is 0.596. The lowest BCUT2D eigenvalue weighted by atomic mass is 9.86. The molecule has 0 radical (unpaired) electrons. The van der Waals surface area contributed by atoms with Gasteiger partial charge in [0.25, 0.3) is 5.69 Å². The van der Waals surface area contributed by atoms with E-state index in [-0.39, 0.29) is 54.6 Å². The number of hydrogen-bond acceptors (Lipinski definition) is 12. The van der Waals surface area contributed by atoms with Crippen molar-refractivity contribution in [3.05, 3.63) is 106 Å². The highest BCUT2D eigenvalue weighted by atomic mass is 28.4. The van der Waals surface area contributed by atoms with Crippen LogP contribution in [0.2, 0.25) is 18.1 Å². The van der Waals surface area contributed by atoms with Crippen molar-refractivity contribution in [3.8, 4) is 5.75 Å². The lowest BCUT2D eigenvalue weighted by molar-refractivity contribution is -0.384. The zero-order chi connectivity index (χ0) is 49.5. The quantitative estimate of drug-likeness (QED) is 0.0128. The summed E-state index contributed by atoms with van der Waals surface area (Å²) in [6, 6.07) is 16.9. The summed E-state index contributed by atoms with van der Waals surface area (Å²) in [6.07, 6.45) is 7.52. The van der Waals surface area contributed by atoms with Gasteiger partial charge in [-0.1, -0.05) is 91.0 Å². The maximum Gasteiger partial charge on any atom is 0.338 e. The van der Waals surface area contributed by atoms with E-state index in [9.17, 15) is 29.6 Å². The molecule has 12 atom stereocenters. The Kier molecular flexibility index (Phi) is 21.0. The molecule has 67 heavy (non-hydrogen) atoms. The van der Waals surface area contributed by atoms with Crippen molar-refractivity contribution in [1.82, 2.24) is 0 Å². The predicted molar refractivity (Wildman–Crippen MR) is 259 cm³/mol. The Balaban J connectivity index is 1.66. The molecule has 0 amide bonds. The molecule has 2 aromatic rings. The van der Waals surface area contributed by atoms with Crippen LogP contribution in [0.1, 0.15) is 112 Å². The standard InChI is InChI=1S/C52H75NO13Si/c1-12-42(63-50(56)39-23-18-17-19-24-39)37(9)48-44(62-48)33-34(6)21-20-22-35(7)47-36(8)25-30-45(61-41-28-26-40(27-29-41)53(58)59)52(11,65-38(10)60-13-2)32-31-43(46(49(54)55)51(57)64-47)66-67(14-3,15-4)16-5/h17-30,34,36-38,42-48H,12-16,31-33H2,1-11H3,(H,54,55)/b21-20+,30-25+,35-22+. The Bertz CT molecular complexity index is 1990. The molecule has 0 saturated carbocycles. The van der Waals surface area contributed by atoms with Crippen LogP contribution >= 0.6 is 0 Å². The number of benzene rings is 2. The Morgan fingerprint density at radius 1 is 1.00 bits per heavy atom. The summed E-state index contributed by atoms with van der Waals surface area (Å²) in [5.74, 6) is -4.22. The lowest BCUT2D eigenvalue weighted by Gasteiger charge is -2.41. The highest BCUT2D eigenvalue weighted by Crippen LogP contribution is 2.39. The number of carboxylic acid groups (broad SMARTS) is 1. The third kappa shape index (κ3) is 15.4. The average molecular weight is 950 g/mol. The number of cyclic esters (lactones) is 1. The zero-order valence-corrected chi connectivity index (χ0v) is 42.4. The summed E-state index contributed by atoms with van der Waals surface area (Å²) in [7, 11) is -2.51. The third-order valence-corrected chi connectivity index (χ3v) is 18.1. The van der Waals surface area contributed by atoms with Gasteiger partial charge in [-0.15, -0.1) is 0 Å². The monoisotopic (exact) mass is 950 g/mol. The first-order valence-electron chi connectivity index (χ1n) is 24.1. The second-order valence-corrected chi connectivity index (χ2v) is 23.0. The number of carbonyl (C=O) groups is 3. The SMILES string of the molecule is CCOC(C)OC1(C)CCC(O[Si](CC)(CC)CC)C(C(=O)O)C(=O)OC(/C(C)=C/C=C/C(C)CC2OC2C(C)C(CC)OC(=O)c2ccccc2)C(C)/C=C/C1Oc1ccc([N+](=O)[O-])cc1. The highest BCUT2D eigenvalue weighted by Gasteiger charge is 2.48. The number of allylic oxidation sites excluding steroid dienone is 3. The van der Waals surface area contributed by atoms with Crippen molar-refractivity contribution in [2.75, 3.05) is 6.61 Å². The number of ether oxygens (including phenoxy) is 6. The predicted octanol–water partition coefficient (Wildman–Crippen LogP) is 11.1. The van der Waals surface area contributed by atoms with Gasteiger partial charge in [0.05, 0.1) is 28.8 Å². The maximum atomic E-state index is 14.4. The Labute approximate surface area is 398 Å². The van der Waals surface area contributed by atoms with E-state index in [1.165, 1.54) is 24.3 Å². The van der Waals surface area contributed by atoms with E-state index < -0.39 is 67.2 Å². The van der Waals surface area contributed by atoms with Crippen molar-refractivity contribution in [3.63, 3.8) is 0 Å². The normalized spacial score (nSPS) is 27.4. The minimum Gasteiger partial charge on any atom is -0.483 e. The van der Waals surface area contributed by atoms with Crippen LogP contribution in [0.15, 0.2) is 90.6 Å². The van der Waals surface area contributed by atoms with Gasteiger partial charge in [-0.2, -0.15) is 0 Å². The Morgan fingerprint density at radius 2 is 1.66 bits per heavy atom. The lowest BCUT2D eigenvalue weighted by Crippen LogP contribution is -2.51. The van der Waals surface area contributed by atoms with Gasteiger partial charge in [0, 0.05) is 30.6 Å². The van der Waals surface area contributed by atoms with Crippen LogP contribution in [-0.2, 0) is 37.7 Å². The molecule has 15 heteroatoms. The molecular formula is C52H75NO13Si. The molecule has 2 aliphatic rings. The number of esters is 2. The summed E-state index contributed by atoms with van der Waals surface area (Å²) < 4.78 is 44.4. The molecule has 2 aliphatic heterocycles. The molecule has 2 heterocycles. The first kappa shape index (κ1) is 54.9. The number of carbonyl (C=O) groups excluding carboxylic acids is 2. The van der Waals surface area contributed by atoms with Gasteiger partial charge in [0.1, 0.15) is 29.7 Å². The number of nitro groups is 1. The van der Waals surface area contributed by atoms with E-state index >= 15 is 0 Å². The van der Waals surface area contributed by atoms with Crippen molar-refractivity contribution in [2.24, 2.45) is 23.7 Å². The maximum absolute atomic E-state index is 14.4. The molecule has 14 nitrogen and oxygen atoms in total. The van der Waals surface area contributed by atoms with Crippen molar-refractivity contribution in [1.29, 1.82) is 0 Å². The smallest absolute Gasteiger partial charge is 0.338 e. The van der Waals surface area contributed by atoms with Gasteiger partial charge < -0.3 is 38.0 Å². The van der Waals surface area contributed by atoms with Gasteiger partial charge in [-0.25, -0.2) is 4.79 Å². The fourth-order valence-corrected chi connectivity index (χ4v) is 11.9. The number of carboxylic acids is 1. The number of rotatable bonds is 23. The van der Waals surface area contributed by atoms with E-state index in [0.717, 1.165) is 24.6 Å². The molecule has 0 aliphatic carbocycles. The molecule has 0 spiro atoms. The second kappa shape index (κ2) is 25.6. The molecule has 1 saturated heterocycles. The van der Waals surface area contributed by atoms with Crippen molar-refractivity contribution in [2.45, 2.75) is 168 Å². The second-order valence-electron chi connectivity index (χ2n) is 18.3. The van der Waals surface area contributed by atoms with Crippen LogP contribution in [0.4, 0.5) is 5.69 Å². The van der Waals surface area contributed by atoms with E-state index in [2.05, 4.69) is 19.9 Å². The average Bonchev–Trinajstić information content (AvgIpc) is 4.07. The number of aliphatic carboxylic acids is 1. The molecule has 0 bridgehead atoms. The summed E-state index contributed by atoms with van der Waals surface area (Å²) in [6.45, 7) is 21.9. The molecule has 2 aromatic carbocycles. The third-order valence-electron chi connectivity index (χ3n) is 13.5. The van der Waals surface area contributed by atoms with E-state index in [1.54, 1.807) is 19.1 Å². The van der Waals surface area contributed by atoms with Crippen LogP contribution in [0.3, 0.4) is 0 Å². The minimum absolute atomic E-state index is 0.00650. The van der Waals surface area contributed by atoms with Crippen LogP contribution in [0.25, 0.3) is 0 Å². The number of epoxide rings is 1. The molecule has 370 valence electrons. The highest BCUT2D eigenvalue weighted by molar-refractivity contribution is 6.73. The molecule has 12 unspecified atom stereocenters. The van der Waals surface area contributed by atoms with Crippen LogP contribution in [-0.4, -0.2) is 91.4 Å². The topological polar surface area (TPSA) is 182 Å². The number of nitro benzene ring substituents is 1. The Morgan fingerprint density at radius 3 is 2.24 bits per heavy atom. The van der Waals surface area contributed by atoms with E-state index in [1.807, 2.05) is 97.9 Å². The molecule has 0 aromatic heterocycles. The Hall–Kier alpha value is -4.67. The van der Waals surface area contributed by atoms with Crippen LogP contribution < -0.4 is 4.74 Å². The van der Waals surface area contributed by atoms with Gasteiger partial charge in [-0.3, -0.25) is 19.7 Å². The summed E-state index contributed by atoms with van der Waals surface area (Å²) in [5, 5.41) is 22.3. The van der Waals surface area contributed by atoms with Gasteiger partial charge in [-0.05, 0) is 113 Å². The summed E-state index contributed by atoms with van der Waals surface area (Å²) in [5.41, 5.74) is -0.0693. The van der Waals surface area contributed by atoms with Crippen molar-refractivity contribution >= 4 is 31.9 Å².